The third kappa shape index (κ3) is 2.18. The molecule has 7 nitrogen and oxygen atoms in total. The number of anilines is 1. The Morgan fingerprint density at radius 2 is 2.07 bits per heavy atom. The Labute approximate surface area is 85.3 Å². The molecule has 1 aromatic heterocycles. The molecule has 0 saturated heterocycles. The van der Waals surface area contributed by atoms with Gasteiger partial charge in [0, 0.05) is 6.04 Å². The number of nitrogens with zero attached hydrogens (tertiary/aromatic N) is 3. The number of aromatic nitrogens is 2. The van der Waals surface area contributed by atoms with Crippen molar-refractivity contribution in [2.45, 2.75) is 25.0 Å². The van der Waals surface area contributed by atoms with Crippen molar-refractivity contribution in [2.24, 2.45) is 0 Å². The zero-order valence-electron chi connectivity index (χ0n) is 7.83. The Bertz CT molecular complexity index is 361. The predicted molar refractivity (Wildman–Crippen MR) is 51.3 cm³/mol. The van der Waals surface area contributed by atoms with Crippen molar-refractivity contribution >= 4 is 11.6 Å². The molecular weight excluding hydrogens is 200 g/mol. The second-order valence-corrected chi connectivity index (χ2v) is 3.49. The molecule has 0 aliphatic heterocycles. The van der Waals surface area contributed by atoms with E-state index in [1.807, 2.05) is 0 Å². The molecule has 0 unspecified atom stereocenters. The first-order valence-electron chi connectivity index (χ1n) is 4.56. The second-order valence-electron chi connectivity index (χ2n) is 3.49. The predicted octanol–water partition coefficient (Wildman–Crippen LogP) is 0.320. The fourth-order valence-electron chi connectivity index (χ4n) is 1.38. The molecule has 0 radical (unpaired) electrons. The normalized spacial score (nSPS) is 24.3. The summed E-state index contributed by atoms with van der Waals surface area (Å²) in [6.07, 6.45) is 3.40. The van der Waals surface area contributed by atoms with Crippen molar-refractivity contribution in [3.63, 3.8) is 0 Å². The minimum absolute atomic E-state index is 0.130. The molecule has 0 spiro atoms. The summed E-state index contributed by atoms with van der Waals surface area (Å²) in [4.78, 5) is 17.4. The molecular formula is C8H10N4O3. The van der Waals surface area contributed by atoms with E-state index >= 15 is 0 Å². The summed E-state index contributed by atoms with van der Waals surface area (Å²) in [7, 11) is 0. The van der Waals surface area contributed by atoms with Crippen LogP contribution in [0.2, 0.25) is 0 Å². The number of rotatable bonds is 3. The van der Waals surface area contributed by atoms with E-state index in [-0.39, 0.29) is 17.8 Å². The third-order valence-electron chi connectivity index (χ3n) is 2.30. The summed E-state index contributed by atoms with van der Waals surface area (Å²) in [5, 5.41) is 22.3. The van der Waals surface area contributed by atoms with Gasteiger partial charge in [-0.3, -0.25) is 10.1 Å². The molecule has 1 aliphatic carbocycles. The number of hydrogen-bond donors (Lipinski definition) is 2. The summed E-state index contributed by atoms with van der Waals surface area (Å²) >= 11 is 0. The zero-order chi connectivity index (χ0) is 10.8. The molecule has 1 fully saturated rings. The lowest BCUT2D eigenvalue weighted by molar-refractivity contribution is -0.385. The highest BCUT2D eigenvalue weighted by atomic mass is 16.6. The first kappa shape index (κ1) is 9.78. The maximum absolute atomic E-state index is 10.3. The molecule has 2 rings (SSSR count). The number of aliphatic hydroxyl groups is 1. The van der Waals surface area contributed by atoms with Gasteiger partial charge < -0.3 is 10.4 Å². The molecule has 7 heteroatoms. The van der Waals surface area contributed by atoms with Gasteiger partial charge in [-0.2, -0.15) is 0 Å². The highest BCUT2D eigenvalue weighted by Gasteiger charge is 2.27. The Morgan fingerprint density at radius 1 is 1.47 bits per heavy atom. The van der Waals surface area contributed by atoms with E-state index in [1.165, 1.54) is 0 Å². The molecule has 1 aromatic rings. The summed E-state index contributed by atoms with van der Waals surface area (Å²) in [5.74, 6) is 0.359. The van der Waals surface area contributed by atoms with Gasteiger partial charge in [0.05, 0.1) is 11.0 Å². The monoisotopic (exact) mass is 210 g/mol. The van der Waals surface area contributed by atoms with E-state index in [2.05, 4.69) is 15.3 Å². The lowest BCUT2D eigenvalue weighted by Gasteiger charge is -2.31. The standard InChI is InChI=1S/C8H10N4O3/c13-7-1-5(2-7)11-8-9-3-6(4-10-8)12(14)15/h3-5,7,13H,1-2H2,(H,9,10,11). The average molecular weight is 210 g/mol. The van der Waals surface area contributed by atoms with Crippen LogP contribution in [0.5, 0.6) is 0 Å². The lowest BCUT2D eigenvalue weighted by atomic mass is 9.90. The molecule has 80 valence electrons. The van der Waals surface area contributed by atoms with Crippen molar-refractivity contribution < 1.29 is 10.0 Å². The Morgan fingerprint density at radius 3 is 2.53 bits per heavy atom. The minimum atomic E-state index is -0.545. The summed E-state index contributed by atoms with van der Waals surface area (Å²) in [6.45, 7) is 0. The van der Waals surface area contributed by atoms with E-state index < -0.39 is 4.92 Å². The van der Waals surface area contributed by atoms with Crippen LogP contribution in [0.15, 0.2) is 12.4 Å². The third-order valence-corrected chi connectivity index (χ3v) is 2.30. The average Bonchev–Trinajstić information content (AvgIpc) is 2.16. The van der Waals surface area contributed by atoms with Gasteiger partial charge in [-0.05, 0) is 12.8 Å². The molecule has 0 atom stereocenters. The summed E-state index contributed by atoms with van der Waals surface area (Å²) in [6, 6.07) is 0.168. The Kier molecular flexibility index (Phi) is 2.46. The van der Waals surface area contributed by atoms with Gasteiger partial charge in [0.1, 0.15) is 12.4 Å². The van der Waals surface area contributed by atoms with Gasteiger partial charge >= 0.3 is 5.69 Å². The maximum atomic E-state index is 10.3. The van der Waals surface area contributed by atoms with E-state index in [4.69, 9.17) is 5.11 Å². The van der Waals surface area contributed by atoms with Crippen LogP contribution in [-0.4, -0.2) is 32.1 Å². The number of nitro groups is 1. The van der Waals surface area contributed by atoms with E-state index in [0.29, 0.717) is 18.8 Å². The molecule has 1 heterocycles. The maximum Gasteiger partial charge on any atom is 0.305 e. The van der Waals surface area contributed by atoms with Crippen molar-refractivity contribution in [1.82, 2.24) is 9.97 Å². The van der Waals surface area contributed by atoms with E-state index in [0.717, 1.165) is 12.4 Å². The largest absolute Gasteiger partial charge is 0.393 e. The Balaban J connectivity index is 1.95. The Hall–Kier alpha value is -1.76. The zero-order valence-corrected chi connectivity index (χ0v) is 7.83. The second kappa shape index (κ2) is 3.77. The van der Waals surface area contributed by atoms with Crippen LogP contribution in [0.1, 0.15) is 12.8 Å². The van der Waals surface area contributed by atoms with Crippen LogP contribution >= 0.6 is 0 Å². The first-order valence-corrected chi connectivity index (χ1v) is 4.56. The van der Waals surface area contributed by atoms with Gasteiger partial charge in [-0.15, -0.1) is 0 Å². The smallest absolute Gasteiger partial charge is 0.305 e. The van der Waals surface area contributed by atoms with Gasteiger partial charge in [0.15, 0.2) is 0 Å². The summed E-state index contributed by atoms with van der Waals surface area (Å²) in [5.41, 5.74) is -0.130. The fraction of sp³-hybridized carbons (Fsp3) is 0.500. The van der Waals surface area contributed by atoms with E-state index in [9.17, 15) is 10.1 Å². The topological polar surface area (TPSA) is 101 Å². The highest BCUT2D eigenvalue weighted by molar-refractivity contribution is 5.32. The van der Waals surface area contributed by atoms with Crippen LogP contribution in [0.3, 0.4) is 0 Å². The van der Waals surface area contributed by atoms with Crippen molar-refractivity contribution in [3.8, 4) is 0 Å². The van der Waals surface area contributed by atoms with Crippen LogP contribution in [0.25, 0.3) is 0 Å². The SMILES string of the molecule is O=[N+]([O-])c1cnc(NC2CC(O)C2)nc1. The number of hydrogen-bond acceptors (Lipinski definition) is 6. The molecule has 1 aliphatic rings. The number of nitrogens with one attached hydrogen (secondary N) is 1. The van der Waals surface area contributed by atoms with Crippen LogP contribution in [0.4, 0.5) is 11.6 Å². The van der Waals surface area contributed by atoms with Crippen LogP contribution < -0.4 is 5.32 Å². The van der Waals surface area contributed by atoms with Crippen molar-refractivity contribution in [2.75, 3.05) is 5.32 Å². The molecule has 0 amide bonds. The van der Waals surface area contributed by atoms with Gasteiger partial charge in [0.25, 0.3) is 0 Å². The molecule has 0 aromatic carbocycles. The fourth-order valence-corrected chi connectivity index (χ4v) is 1.38. The number of aliphatic hydroxyl groups excluding tert-OH is 1. The highest BCUT2D eigenvalue weighted by Crippen LogP contribution is 2.22. The molecule has 15 heavy (non-hydrogen) atoms. The summed E-state index contributed by atoms with van der Waals surface area (Å²) < 4.78 is 0. The van der Waals surface area contributed by atoms with Gasteiger partial charge in [-0.1, -0.05) is 0 Å². The molecule has 2 N–H and O–H groups in total. The van der Waals surface area contributed by atoms with E-state index in [1.54, 1.807) is 0 Å². The van der Waals surface area contributed by atoms with Crippen LogP contribution in [0, 0.1) is 10.1 Å². The minimum Gasteiger partial charge on any atom is -0.393 e. The van der Waals surface area contributed by atoms with Crippen molar-refractivity contribution in [1.29, 1.82) is 0 Å². The van der Waals surface area contributed by atoms with Crippen LogP contribution in [-0.2, 0) is 0 Å². The van der Waals surface area contributed by atoms with Gasteiger partial charge in [-0.25, -0.2) is 9.97 Å². The lowest BCUT2D eigenvalue weighted by Crippen LogP contribution is -2.39. The molecule has 1 saturated carbocycles. The first-order chi connectivity index (χ1) is 7.15. The van der Waals surface area contributed by atoms with Gasteiger partial charge in [0.2, 0.25) is 5.95 Å². The quantitative estimate of drug-likeness (QED) is 0.550. The molecule has 0 bridgehead atoms. The van der Waals surface area contributed by atoms with Crippen molar-refractivity contribution in [3.05, 3.63) is 22.5 Å².